The van der Waals surface area contributed by atoms with Crippen LogP contribution in [-0.2, 0) is 6.54 Å². The summed E-state index contributed by atoms with van der Waals surface area (Å²) < 4.78 is 2.45. The van der Waals surface area contributed by atoms with Crippen molar-refractivity contribution in [2.24, 2.45) is 0 Å². The molecular weight excluding hydrogens is 412 g/mol. The van der Waals surface area contributed by atoms with Gasteiger partial charge in [0.1, 0.15) is 5.82 Å². The normalized spacial score (nSPS) is 17.3. The standard InChI is InChI=1S/C17H17BrN8O/c18-11-7-20-26-15(11)23-17(25-6-5-10(27)9-25)24-16(26)19-8-14-21-12-3-1-2-4-13(12)22-14/h1-4,7,10,27H,5-6,8-9H2,(H,21,22)(H,19,23,24)/t10-/m0/s1. The first-order valence-electron chi connectivity index (χ1n) is 8.69. The maximum absolute atomic E-state index is 9.83. The van der Waals surface area contributed by atoms with Crippen LogP contribution in [0.15, 0.2) is 34.9 Å². The van der Waals surface area contributed by atoms with Crippen molar-refractivity contribution < 1.29 is 5.11 Å². The molecule has 0 radical (unpaired) electrons. The maximum atomic E-state index is 9.83. The lowest BCUT2D eigenvalue weighted by Gasteiger charge is -2.17. The molecule has 0 amide bonds. The van der Waals surface area contributed by atoms with E-state index in [1.807, 2.05) is 29.2 Å². The van der Waals surface area contributed by atoms with E-state index >= 15 is 0 Å². The van der Waals surface area contributed by atoms with Gasteiger partial charge in [0, 0.05) is 13.1 Å². The van der Waals surface area contributed by atoms with Gasteiger partial charge in [0.05, 0.1) is 34.4 Å². The van der Waals surface area contributed by atoms with E-state index in [0.717, 1.165) is 34.3 Å². The molecule has 5 rings (SSSR count). The number of aliphatic hydroxyl groups is 1. The number of imidazole rings is 1. The van der Waals surface area contributed by atoms with Crippen molar-refractivity contribution in [3.8, 4) is 0 Å². The SMILES string of the molecule is O[C@H]1CCN(c2nc(NCc3nc4ccccc4[nH]3)n3ncc(Br)c3n2)C1. The van der Waals surface area contributed by atoms with E-state index < -0.39 is 0 Å². The van der Waals surface area contributed by atoms with Crippen LogP contribution in [0.25, 0.3) is 16.7 Å². The number of nitrogens with zero attached hydrogens (tertiary/aromatic N) is 6. The summed E-state index contributed by atoms with van der Waals surface area (Å²) in [4.78, 5) is 19.1. The minimum absolute atomic E-state index is 0.342. The van der Waals surface area contributed by atoms with Gasteiger partial charge >= 0.3 is 0 Å². The van der Waals surface area contributed by atoms with Crippen LogP contribution in [0.5, 0.6) is 0 Å². The number of aromatic amines is 1. The summed E-state index contributed by atoms with van der Waals surface area (Å²) in [6.07, 6.45) is 2.07. The Morgan fingerprint density at radius 2 is 2.15 bits per heavy atom. The van der Waals surface area contributed by atoms with Gasteiger partial charge in [-0.25, -0.2) is 4.98 Å². The number of nitrogens with one attached hydrogen (secondary N) is 2. The van der Waals surface area contributed by atoms with E-state index in [-0.39, 0.29) is 6.10 Å². The molecule has 0 spiro atoms. The summed E-state index contributed by atoms with van der Waals surface area (Å²) in [7, 11) is 0. The summed E-state index contributed by atoms with van der Waals surface area (Å²) in [6, 6.07) is 7.91. The second-order valence-corrected chi connectivity index (χ2v) is 7.37. The second-order valence-electron chi connectivity index (χ2n) is 6.52. The topological polar surface area (TPSA) is 107 Å². The predicted molar refractivity (Wildman–Crippen MR) is 105 cm³/mol. The molecule has 3 aromatic heterocycles. The Bertz CT molecular complexity index is 1090. The second kappa shape index (κ2) is 6.46. The fourth-order valence-corrected chi connectivity index (χ4v) is 3.62. The molecule has 27 heavy (non-hydrogen) atoms. The molecule has 3 N–H and O–H groups in total. The molecule has 1 fully saturated rings. The molecule has 138 valence electrons. The van der Waals surface area contributed by atoms with E-state index in [1.54, 1.807) is 10.7 Å². The number of β-amino-alcohol motifs (C(OH)–C–C–N with tert-alkyl or cyclic N) is 1. The largest absolute Gasteiger partial charge is 0.391 e. The highest BCUT2D eigenvalue weighted by Gasteiger charge is 2.24. The summed E-state index contributed by atoms with van der Waals surface area (Å²) >= 11 is 3.49. The smallest absolute Gasteiger partial charge is 0.230 e. The highest BCUT2D eigenvalue weighted by molar-refractivity contribution is 9.10. The van der Waals surface area contributed by atoms with Crippen molar-refractivity contribution in [3.05, 3.63) is 40.8 Å². The Morgan fingerprint density at radius 1 is 1.26 bits per heavy atom. The number of aromatic nitrogens is 6. The first-order chi connectivity index (χ1) is 13.2. The Labute approximate surface area is 162 Å². The van der Waals surface area contributed by atoms with Crippen LogP contribution < -0.4 is 10.2 Å². The van der Waals surface area contributed by atoms with Gasteiger partial charge in [-0.1, -0.05) is 12.1 Å². The number of benzene rings is 1. The number of halogens is 1. The van der Waals surface area contributed by atoms with Crippen molar-refractivity contribution in [1.29, 1.82) is 0 Å². The van der Waals surface area contributed by atoms with Crippen LogP contribution in [0.2, 0.25) is 0 Å². The minimum Gasteiger partial charge on any atom is -0.391 e. The van der Waals surface area contributed by atoms with E-state index in [2.05, 4.69) is 46.3 Å². The van der Waals surface area contributed by atoms with Crippen LogP contribution in [0, 0.1) is 0 Å². The van der Waals surface area contributed by atoms with Gasteiger partial charge < -0.3 is 20.3 Å². The lowest BCUT2D eigenvalue weighted by Crippen LogP contribution is -2.24. The van der Waals surface area contributed by atoms with Gasteiger partial charge in [0.25, 0.3) is 0 Å². The quantitative estimate of drug-likeness (QED) is 0.455. The lowest BCUT2D eigenvalue weighted by molar-refractivity contribution is 0.198. The average Bonchev–Trinajstić information content (AvgIpc) is 3.38. The molecule has 4 aromatic rings. The van der Waals surface area contributed by atoms with Crippen LogP contribution in [0.1, 0.15) is 12.2 Å². The summed E-state index contributed by atoms with van der Waals surface area (Å²) in [5, 5.41) is 17.5. The van der Waals surface area contributed by atoms with E-state index in [0.29, 0.717) is 30.6 Å². The molecule has 1 aromatic carbocycles. The zero-order valence-electron chi connectivity index (χ0n) is 14.3. The summed E-state index contributed by atoms with van der Waals surface area (Å²) in [5.41, 5.74) is 2.60. The summed E-state index contributed by atoms with van der Waals surface area (Å²) in [6.45, 7) is 1.73. The predicted octanol–water partition coefficient (Wildman–Crippen LogP) is 1.95. The van der Waals surface area contributed by atoms with Crippen molar-refractivity contribution >= 4 is 44.5 Å². The van der Waals surface area contributed by atoms with Gasteiger partial charge in [-0.15, -0.1) is 0 Å². The van der Waals surface area contributed by atoms with E-state index in [1.165, 1.54) is 0 Å². The third kappa shape index (κ3) is 3.00. The fourth-order valence-electron chi connectivity index (χ4n) is 3.27. The Morgan fingerprint density at radius 3 is 2.96 bits per heavy atom. The molecule has 1 saturated heterocycles. The van der Waals surface area contributed by atoms with E-state index in [9.17, 15) is 5.11 Å². The number of anilines is 2. The van der Waals surface area contributed by atoms with Crippen LogP contribution in [-0.4, -0.2) is 53.9 Å². The van der Waals surface area contributed by atoms with Crippen LogP contribution in [0.4, 0.5) is 11.9 Å². The Hall–Kier alpha value is -2.72. The molecule has 0 bridgehead atoms. The third-order valence-corrected chi connectivity index (χ3v) is 5.17. The number of hydrogen-bond donors (Lipinski definition) is 3. The number of aliphatic hydroxyl groups excluding tert-OH is 1. The van der Waals surface area contributed by atoms with Crippen LogP contribution >= 0.6 is 15.9 Å². The molecule has 0 saturated carbocycles. The van der Waals surface area contributed by atoms with Crippen molar-refractivity contribution in [1.82, 2.24) is 29.5 Å². The number of fused-ring (bicyclic) bond motifs is 2. The van der Waals surface area contributed by atoms with Crippen molar-refractivity contribution in [2.45, 2.75) is 19.1 Å². The molecule has 4 heterocycles. The molecule has 1 aliphatic heterocycles. The van der Waals surface area contributed by atoms with Crippen molar-refractivity contribution in [3.63, 3.8) is 0 Å². The molecule has 0 aliphatic carbocycles. The molecule has 0 unspecified atom stereocenters. The molecular formula is C17H17BrN8O. The maximum Gasteiger partial charge on any atom is 0.230 e. The van der Waals surface area contributed by atoms with Gasteiger partial charge in [-0.2, -0.15) is 19.6 Å². The molecule has 10 heteroatoms. The van der Waals surface area contributed by atoms with Crippen molar-refractivity contribution in [2.75, 3.05) is 23.3 Å². The first kappa shape index (κ1) is 16.5. The Balaban J connectivity index is 1.47. The average molecular weight is 429 g/mol. The van der Waals surface area contributed by atoms with Crippen LogP contribution in [0.3, 0.4) is 0 Å². The van der Waals surface area contributed by atoms with E-state index in [4.69, 9.17) is 0 Å². The number of hydrogen-bond acceptors (Lipinski definition) is 7. The first-order valence-corrected chi connectivity index (χ1v) is 9.48. The molecule has 1 aliphatic rings. The third-order valence-electron chi connectivity index (χ3n) is 4.61. The molecule has 1 atom stereocenters. The Kier molecular flexibility index (Phi) is 3.94. The fraction of sp³-hybridized carbons (Fsp3) is 0.294. The van der Waals surface area contributed by atoms with Gasteiger partial charge in [-0.05, 0) is 34.5 Å². The zero-order chi connectivity index (χ0) is 18.4. The van der Waals surface area contributed by atoms with Gasteiger partial charge in [0.2, 0.25) is 11.9 Å². The number of H-pyrrole nitrogens is 1. The minimum atomic E-state index is -0.342. The molecule has 9 nitrogen and oxygen atoms in total. The lowest BCUT2D eigenvalue weighted by atomic mass is 10.3. The monoisotopic (exact) mass is 428 g/mol. The number of rotatable bonds is 4. The highest BCUT2D eigenvalue weighted by atomic mass is 79.9. The zero-order valence-corrected chi connectivity index (χ0v) is 15.9. The van der Waals surface area contributed by atoms with Gasteiger partial charge in [-0.3, -0.25) is 0 Å². The highest BCUT2D eigenvalue weighted by Crippen LogP contribution is 2.24. The van der Waals surface area contributed by atoms with Gasteiger partial charge in [0.15, 0.2) is 5.65 Å². The summed E-state index contributed by atoms with van der Waals surface area (Å²) in [5.74, 6) is 1.96. The number of para-hydroxylation sites is 2.